The fourth-order valence-corrected chi connectivity index (χ4v) is 6.27. The first-order chi connectivity index (χ1) is 19.3. The number of anilines is 1. The first-order valence-corrected chi connectivity index (χ1v) is 13.5. The summed E-state index contributed by atoms with van der Waals surface area (Å²) in [6.45, 7) is 2.18. The molecule has 2 unspecified atom stereocenters. The highest BCUT2D eigenvalue weighted by Crippen LogP contribution is 2.52. The van der Waals surface area contributed by atoms with Gasteiger partial charge in [-0.1, -0.05) is 19.3 Å². The predicted octanol–water partition coefficient (Wildman–Crippen LogP) is 1.61. The van der Waals surface area contributed by atoms with Gasteiger partial charge in [0.25, 0.3) is 5.91 Å². The number of esters is 1. The van der Waals surface area contributed by atoms with Crippen LogP contribution < -0.4 is 10.6 Å². The number of carbonyl (C=O) groups excluding carboxylic acids is 4. The Morgan fingerprint density at radius 1 is 1.12 bits per heavy atom. The minimum atomic E-state index is -1.34. The van der Waals surface area contributed by atoms with E-state index in [1.54, 1.807) is 44.1 Å². The number of unbranched alkanes of at least 4 members (excludes halogenated alkanes) is 1. The Kier molecular flexibility index (Phi) is 8.17. The van der Waals surface area contributed by atoms with Crippen LogP contribution in [0.15, 0.2) is 23.0 Å². The maximum absolute atomic E-state index is 13.9. The number of benzene rings is 1. The number of phenolic OH excluding ortho intramolecular Hbond substituents is 1. The smallest absolute Gasteiger partial charge is 0.384 e. The molecular weight excluding hydrogens is 530 g/mol. The summed E-state index contributed by atoms with van der Waals surface area (Å²) in [5.41, 5.74) is 6.01. The SMILES string of the molecule is CCCCOC(=O)C#Cc1cc(N(C)C)c2c(c1O)C(O)=C1C(=O)C3C(=O)C(C(N)=O)=C(O)C(N(C)C)[C@@H]3C[C@@H]1C2. The van der Waals surface area contributed by atoms with Gasteiger partial charge in [-0.25, -0.2) is 4.79 Å². The zero-order valence-electron chi connectivity index (χ0n) is 23.8. The molecule has 0 heterocycles. The van der Waals surface area contributed by atoms with Crippen LogP contribution in [0.2, 0.25) is 0 Å². The van der Waals surface area contributed by atoms with Crippen molar-refractivity contribution in [3.63, 3.8) is 0 Å². The summed E-state index contributed by atoms with van der Waals surface area (Å²) >= 11 is 0. The Morgan fingerprint density at radius 2 is 1.80 bits per heavy atom. The van der Waals surface area contributed by atoms with Gasteiger partial charge in [-0.3, -0.25) is 19.3 Å². The number of ether oxygens (including phenoxy) is 1. The summed E-state index contributed by atoms with van der Waals surface area (Å²) in [7, 11) is 6.88. The molecule has 3 aliphatic rings. The van der Waals surface area contributed by atoms with Crippen molar-refractivity contribution >= 4 is 34.9 Å². The molecule has 1 saturated carbocycles. The van der Waals surface area contributed by atoms with Crippen LogP contribution in [0.1, 0.15) is 42.9 Å². The lowest BCUT2D eigenvalue weighted by Crippen LogP contribution is -2.55. The molecule has 0 aliphatic heterocycles. The standard InChI is InChI=1S/C30H35N3O8/c1-6-7-10-41-19(34)9-8-14-13-18(32(2)3)16-11-15-12-17-22(27(37)20(15)26(36)21(16)25(14)35)28(38)23(30(31)40)29(39)24(17)33(4)5/h13,15,17,22,24,35-36,39H,6-7,10-12H2,1-5H3,(H2,31,40)/t15-,17+,22?,24?/m0/s1. The van der Waals surface area contributed by atoms with E-state index in [0.717, 1.165) is 6.42 Å². The van der Waals surface area contributed by atoms with Gasteiger partial charge in [0.15, 0.2) is 11.6 Å². The molecule has 0 saturated heterocycles. The largest absolute Gasteiger partial charge is 0.510 e. The maximum atomic E-state index is 13.9. The summed E-state index contributed by atoms with van der Waals surface area (Å²) in [6, 6.07) is 0.790. The van der Waals surface area contributed by atoms with Crippen molar-refractivity contribution < 1.29 is 39.2 Å². The first-order valence-electron chi connectivity index (χ1n) is 13.5. The molecule has 5 N–H and O–H groups in total. The molecule has 1 fully saturated rings. The van der Waals surface area contributed by atoms with E-state index in [1.165, 1.54) is 0 Å². The van der Waals surface area contributed by atoms with Gasteiger partial charge in [0.2, 0.25) is 0 Å². The molecule has 11 nitrogen and oxygen atoms in total. The van der Waals surface area contributed by atoms with Crippen LogP contribution in [0, 0.1) is 29.6 Å². The van der Waals surface area contributed by atoms with E-state index in [4.69, 9.17) is 10.5 Å². The monoisotopic (exact) mass is 565 g/mol. The van der Waals surface area contributed by atoms with Gasteiger partial charge in [0.1, 0.15) is 22.8 Å². The van der Waals surface area contributed by atoms with Crippen LogP contribution in [0.3, 0.4) is 0 Å². The number of rotatable bonds is 6. The van der Waals surface area contributed by atoms with Crippen molar-refractivity contribution in [2.75, 3.05) is 39.7 Å². The number of nitrogens with two attached hydrogens (primary N) is 1. The Morgan fingerprint density at radius 3 is 2.39 bits per heavy atom. The van der Waals surface area contributed by atoms with Crippen molar-refractivity contribution in [2.45, 2.75) is 38.6 Å². The molecule has 1 aromatic rings. The van der Waals surface area contributed by atoms with Gasteiger partial charge in [-0.2, -0.15) is 0 Å². The van der Waals surface area contributed by atoms with Crippen molar-refractivity contribution in [3.8, 4) is 17.6 Å². The Hall–Kier alpha value is -4.30. The molecule has 0 spiro atoms. The van der Waals surface area contributed by atoms with Gasteiger partial charge >= 0.3 is 5.97 Å². The average molecular weight is 566 g/mol. The average Bonchev–Trinajstić information content (AvgIpc) is 2.87. The second kappa shape index (κ2) is 11.3. The summed E-state index contributed by atoms with van der Waals surface area (Å²) in [5, 5.41) is 33.6. The van der Waals surface area contributed by atoms with Crippen molar-refractivity contribution in [2.24, 2.45) is 23.5 Å². The number of hydrogen-bond donors (Lipinski definition) is 4. The Balaban J connectivity index is 1.85. The molecule has 0 aromatic heterocycles. The topological polar surface area (TPSA) is 171 Å². The van der Waals surface area contributed by atoms with Crippen LogP contribution in [0.5, 0.6) is 5.75 Å². The molecule has 1 amide bonds. The molecule has 3 aliphatic carbocycles. The number of fused-ring (bicyclic) bond motifs is 3. The summed E-state index contributed by atoms with van der Waals surface area (Å²) < 4.78 is 5.06. The number of primary amides is 1. The van der Waals surface area contributed by atoms with Crippen molar-refractivity contribution in [3.05, 3.63) is 39.7 Å². The molecule has 41 heavy (non-hydrogen) atoms. The first kappa shape index (κ1) is 29.7. The minimum absolute atomic E-state index is 0.00108. The number of aliphatic hydroxyl groups is 2. The maximum Gasteiger partial charge on any atom is 0.384 e. The summed E-state index contributed by atoms with van der Waals surface area (Å²) in [6.07, 6.45) is 2.03. The predicted molar refractivity (Wildman–Crippen MR) is 150 cm³/mol. The lowest BCUT2D eigenvalue weighted by molar-refractivity contribution is -0.138. The van der Waals surface area contributed by atoms with E-state index in [9.17, 15) is 34.5 Å². The lowest BCUT2D eigenvalue weighted by Gasteiger charge is -2.46. The number of allylic oxidation sites excluding steroid dienone is 1. The number of ketones is 2. The molecular formula is C30H35N3O8. The highest BCUT2D eigenvalue weighted by molar-refractivity contribution is 6.28. The summed E-state index contributed by atoms with van der Waals surface area (Å²) in [4.78, 5) is 54.9. The highest BCUT2D eigenvalue weighted by Gasteiger charge is 2.55. The highest BCUT2D eigenvalue weighted by atomic mass is 16.5. The number of Topliss-reactive ketones (excluding diaryl/α,β-unsaturated/α-hetero) is 2. The minimum Gasteiger partial charge on any atom is -0.510 e. The molecule has 0 radical (unpaired) electrons. The van der Waals surface area contributed by atoms with Crippen LogP contribution >= 0.6 is 0 Å². The normalized spacial score (nSPS) is 23.4. The number of carbonyl (C=O) groups is 4. The van der Waals surface area contributed by atoms with Gasteiger partial charge in [-0.15, -0.1) is 0 Å². The number of aliphatic hydroxyl groups excluding tert-OH is 2. The molecule has 4 atom stereocenters. The molecule has 11 heteroatoms. The van der Waals surface area contributed by atoms with Crippen molar-refractivity contribution in [1.82, 2.24) is 4.90 Å². The van der Waals surface area contributed by atoms with Gasteiger partial charge in [-0.05, 0) is 56.8 Å². The van der Waals surface area contributed by atoms with Gasteiger partial charge < -0.3 is 30.7 Å². The zero-order valence-corrected chi connectivity index (χ0v) is 23.8. The third kappa shape index (κ3) is 5.04. The van der Waals surface area contributed by atoms with Crippen molar-refractivity contribution in [1.29, 1.82) is 0 Å². The molecule has 4 rings (SSSR count). The molecule has 0 bridgehead atoms. The van der Waals surface area contributed by atoms with E-state index in [2.05, 4.69) is 11.8 Å². The van der Waals surface area contributed by atoms with Crippen LogP contribution in [0.4, 0.5) is 5.69 Å². The van der Waals surface area contributed by atoms with E-state index >= 15 is 0 Å². The van der Waals surface area contributed by atoms with Gasteiger partial charge in [0, 0.05) is 31.3 Å². The lowest BCUT2D eigenvalue weighted by atomic mass is 9.59. The van der Waals surface area contributed by atoms with E-state index in [0.29, 0.717) is 17.7 Å². The molecule has 218 valence electrons. The Labute approximate surface area is 238 Å². The molecule has 1 aromatic carbocycles. The number of hydrogen-bond acceptors (Lipinski definition) is 10. The quantitative estimate of drug-likeness (QED) is 0.131. The van der Waals surface area contributed by atoms with E-state index in [1.807, 2.05) is 6.92 Å². The number of likely N-dealkylation sites (N-methyl/N-ethyl adjacent to an activating group) is 1. The second-order valence-corrected chi connectivity index (χ2v) is 11.1. The third-order valence-electron chi connectivity index (χ3n) is 8.05. The summed E-state index contributed by atoms with van der Waals surface area (Å²) in [5.74, 6) is -2.38. The second-order valence-electron chi connectivity index (χ2n) is 11.1. The van der Waals surface area contributed by atoms with Crippen LogP contribution in [-0.4, -0.2) is 84.5 Å². The third-order valence-corrected chi connectivity index (χ3v) is 8.05. The van der Waals surface area contributed by atoms with Gasteiger partial charge in [0.05, 0.1) is 29.7 Å². The van der Waals surface area contributed by atoms with Crippen LogP contribution in [-0.2, 0) is 30.3 Å². The van der Waals surface area contributed by atoms with E-state index < -0.39 is 70.1 Å². The number of amides is 1. The fourth-order valence-electron chi connectivity index (χ4n) is 6.27. The van der Waals surface area contributed by atoms with E-state index in [-0.39, 0.29) is 36.1 Å². The fraction of sp³-hybridized carbons (Fsp3) is 0.467. The number of phenols is 1. The van der Waals surface area contributed by atoms with Crippen LogP contribution in [0.25, 0.3) is 5.76 Å². The number of nitrogens with zero attached hydrogens (tertiary/aromatic N) is 2. The zero-order chi connectivity index (χ0) is 30.3. The Bertz CT molecular complexity index is 1460. The number of aromatic hydroxyl groups is 1.